The summed E-state index contributed by atoms with van der Waals surface area (Å²) in [5.41, 5.74) is 0.282. The third-order valence-electron chi connectivity index (χ3n) is 2.86. The molecule has 1 unspecified atom stereocenters. The van der Waals surface area contributed by atoms with Crippen LogP contribution in [-0.4, -0.2) is 40.3 Å². The normalized spacial score (nSPS) is 18.8. The van der Waals surface area contributed by atoms with E-state index in [0.717, 1.165) is 16.1 Å². The van der Waals surface area contributed by atoms with Gasteiger partial charge in [0, 0.05) is 21.3 Å². The van der Waals surface area contributed by atoms with Crippen molar-refractivity contribution in [1.82, 2.24) is 4.90 Å². The van der Waals surface area contributed by atoms with Crippen molar-refractivity contribution < 1.29 is 0 Å². The average Bonchev–Trinajstić information content (AvgIpc) is 1.83. The largest absolute Gasteiger partial charge is 0.306 e. The molecule has 0 aromatic carbocycles. The molecule has 0 spiro atoms. The number of hydrogen-bond acceptors (Lipinski definition) is 1. The first-order valence-corrected chi connectivity index (χ1v) is 5.52. The Kier molecular flexibility index (Phi) is 3.61. The fourth-order valence-corrected chi connectivity index (χ4v) is 1.63. The molecule has 68 valence electrons. The highest BCUT2D eigenvalue weighted by Crippen LogP contribution is 2.32. The number of rotatable bonds is 2. The Morgan fingerprint density at radius 1 is 1.27 bits per heavy atom. The summed E-state index contributed by atoms with van der Waals surface area (Å²) in [5.74, 6) is 0.732. The van der Waals surface area contributed by atoms with Crippen LogP contribution < -0.4 is 0 Å². The molecule has 11 heavy (non-hydrogen) atoms. The van der Waals surface area contributed by atoms with Crippen LogP contribution in [0.15, 0.2) is 0 Å². The second kappa shape index (κ2) is 3.46. The van der Waals surface area contributed by atoms with Gasteiger partial charge in [-0.3, -0.25) is 0 Å². The molecule has 3 heteroatoms. The van der Waals surface area contributed by atoms with Crippen LogP contribution in [0.4, 0.5) is 0 Å². The molecule has 0 saturated carbocycles. The third kappa shape index (κ3) is 2.20. The van der Waals surface area contributed by atoms with Gasteiger partial charge in [-0.05, 0) is 19.5 Å². The molecule has 0 aliphatic rings. The molecule has 0 bridgehead atoms. The topological polar surface area (TPSA) is 3.24 Å². The van der Waals surface area contributed by atoms with E-state index >= 15 is 0 Å². The second-order valence-corrected chi connectivity index (χ2v) is 6.47. The molecular weight excluding hydrogens is 174 g/mol. The summed E-state index contributed by atoms with van der Waals surface area (Å²) in [7, 11) is 5.33. The molecule has 0 aliphatic heterocycles. The zero-order valence-corrected chi connectivity index (χ0v) is 11.3. The molecule has 0 N–H and O–H groups in total. The van der Waals surface area contributed by atoms with Crippen LogP contribution in [0.2, 0.25) is 0 Å². The van der Waals surface area contributed by atoms with Gasteiger partial charge in [-0.15, -0.1) is 11.6 Å². The minimum absolute atomic E-state index is 0.217. The molecule has 0 radical (unpaired) electrons. The molecule has 0 saturated heterocycles. The van der Waals surface area contributed by atoms with Crippen LogP contribution in [0, 0.1) is 5.41 Å². The number of hydrogen-bond donors (Lipinski definition) is 0. The van der Waals surface area contributed by atoms with Crippen molar-refractivity contribution in [3.63, 3.8) is 0 Å². The van der Waals surface area contributed by atoms with E-state index in [-0.39, 0.29) is 10.6 Å². The predicted molar refractivity (Wildman–Crippen MR) is 56.5 cm³/mol. The molecule has 0 amide bonds. The van der Waals surface area contributed by atoms with Crippen molar-refractivity contribution in [2.75, 3.05) is 20.0 Å². The highest BCUT2D eigenvalue weighted by molar-refractivity contribution is 6.26. The highest BCUT2D eigenvalue weighted by Gasteiger charge is 2.38. The van der Waals surface area contributed by atoms with E-state index in [9.17, 15) is 0 Å². The van der Waals surface area contributed by atoms with Gasteiger partial charge in [-0.1, -0.05) is 20.8 Å². The Balaban J connectivity index is 4.61. The Hall–Kier alpha value is 0.467. The van der Waals surface area contributed by atoms with E-state index in [1.165, 1.54) is 0 Å². The third-order valence-corrected chi connectivity index (χ3v) is 6.58. The van der Waals surface area contributed by atoms with Crippen LogP contribution in [0.1, 0.15) is 20.8 Å². The van der Waals surface area contributed by atoms with Gasteiger partial charge in [0.1, 0.15) is 0 Å². The monoisotopic (exact) mass is 193 g/mol. The Morgan fingerprint density at radius 2 is 1.64 bits per heavy atom. The van der Waals surface area contributed by atoms with Gasteiger partial charge in [0.2, 0.25) is 0 Å². The van der Waals surface area contributed by atoms with Gasteiger partial charge in [-0.25, -0.2) is 0 Å². The summed E-state index contributed by atoms with van der Waals surface area (Å²) in [4.78, 5) is 2.26. The van der Waals surface area contributed by atoms with Gasteiger partial charge in [-0.2, -0.15) is 0 Å². The quantitative estimate of drug-likeness (QED) is 0.466. The first kappa shape index (κ1) is 11.5. The number of alkyl halides is 1. The van der Waals surface area contributed by atoms with E-state index in [0.29, 0.717) is 0 Å². The fraction of sp³-hybridized carbons (Fsp3) is 1.00. The maximum atomic E-state index is 5.98. The second-order valence-electron chi connectivity index (χ2n) is 4.55. The van der Waals surface area contributed by atoms with E-state index in [1.54, 1.807) is 0 Å². The molecule has 0 aliphatic carbocycles. The minimum atomic E-state index is 0.217. The van der Waals surface area contributed by atoms with E-state index in [1.807, 2.05) is 0 Å². The van der Waals surface area contributed by atoms with Crippen molar-refractivity contribution in [3.8, 4) is 0 Å². The zero-order chi connectivity index (χ0) is 9.28. The molecule has 0 fully saturated rings. The Morgan fingerprint density at radius 3 is 1.64 bits per heavy atom. The van der Waals surface area contributed by atoms with Crippen LogP contribution in [0.25, 0.3) is 0 Å². The first-order chi connectivity index (χ1) is 4.75. The molecule has 0 rings (SSSR count). The summed E-state index contributed by atoms with van der Waals surface area (Å²) >= 11 is 5.98. The van der Waals surface area contributed by atoms with Crippen molar-refractivity contribution in [1.29, 1.82) is 0 Å². The van der Waals surface area contributed by atoms with Crippen LogP contribution in [-0.2, 0) is 0 Å². The van der Waals surface area contributed by atoms with E-state index in [2.05, 4.69) is 39.8 Å². The van der Waals surface area contributed by atoms with Gasteiger partial charge in [0.25, 0.3) is 0 Å². The van der Waals surface area contributed by atoms with Crippen LogP contribution in [0.5, 0.6) is 0 Å². The van der Waals surface area contributed by atoms with Gasteiger partial charge >= 0.3 is 0 Å². The van der Waals surface area contributed by atoms with Gasteiger partial charge in [0.05, 0.1) is 0 Å². The lowest BCUT2D eigenvalue weighted by Crippen LogP contribution is -2.56. The van der Waals surface area contributed by atoms with E-state index in [4.69, 9.17) is 11.6 Å². The molecule has 0 aromatic rings. The number of nitrogens with zero attached hydrogens (tertiary/aromatic N) is 1. The maximum Gasteiger partial charge on any atom is 0.0375 e. The van der Waals surface area contributed by atoms with Crippen molar-refractivity contribution in [2.24, 2.45) is 5.41 Å². The highest BCUT2D eigenvalue weighted by atomic mass is 35.5. The van der Waals surface area contributed by atoms with Crippen molar-refractivity contribution in [3.05, 3.63) is 0 Å². The summed E-state index contributed by atoms with van der Waals surface area (Å²) in [6.45, 7) is 6.76. The van der Waals surface area contributed by atoms with E-state index < -0.39 is 0 Å². The zero-order valence-electron chi connectivity index (χ0n) is 8.53. The maximum absolute atomic E-state index is 5.98. The molecule has 1 atom stereocenters. The molecule has 0 aromatic heterocycles. The Bertz CT molecular complexity index is 131. The lowest BCUT2D eigenvalue weighted by molar-refractivity contribution is 0.130. The fourth-order valence-electron chi connectivity index (χ4n) is 0.991. The lowest BCUT2D eigenvalue weighted by atomic mass is 9.86. The van der Waals surface area contributed by atoms with Gasteiger partial charge in [0.15, 0.2) is 0 Å². The SMILES string of the molecule is CN(C)C([SiH3])(CCl)C(C)(C)C. The molecule has 1 nitrogen and oxygen atoms in total. The first-order valence-electron chi connectivity index (χ1n) is 3.99. The average molecular weight is 194 g/mol. The minimum Gasteiger partial charge on any atom is -0.306 e. The smallest absolute Gasteiger partial charge is 0.0375 e. The van der Waals surface area contributed by atoms with Gasteiger partial charge < -0.3 is 4.90 Å². The molecule has 0 heterocycles. The summed E-state index contributed by atoms with van der Waals surface area (Å²) in [6, 6.07) is 0. The summed E-state index contributed by atoms with van der Waals surface area (Å²) in [6.07, 6.45) is 0. The van der Waals surface area contributed by atoms with Crippen LogP contribution in [0.3, 0.4) is 0 Å². The molecular formula is C8H20ClNSi. The van der Waals surface area contributed by atoms with Crippen LogP contribution >= 0.6 is 11.6 Å². The predicted octanol–water partition coefficient (Wildman–Crippen LogP) is 0.895. The Labute approximate surface area is 78.5 Å². The standard InChI is InChI=1S/C8H20ClNSi/c1-7(2,3)8(11,6-9)10(4)5/h6H2,1-5,11H3. The number of halogens is 1. The van der Waals surface area contributed by atoms with Crippen molar-refractivity contribution >= 4 is 21.8 Å². The summed E-state index contributed by atoms with van der Waals surface area (Å²) < 4.78 is 0. The lowest BCUT2D eigenvalue weighted by Gasteiger charge is -2.46. The summed E-state index contributed by atoms with van der Waals surface area (Å²) in [5, 5.41) is 0.217. The van der Waals surface area contributed by atoms with Crippen molar-refractivity contribution in [2.45, 2.75) is 25.9 Å².